The van der Waals surface area contributed by atoms with Crippen LogP contribution >= 0.6 is 0 Å². The van der Waals surface area contributed by atoms with Crippen molar-refractivity contribution in [2.24, 2.45) is 0 Å². The number of benzene rings is 2. The third-order valence-electron chi connectivity index (χ3n) is 4.51. The minimum atomic E-state index is -0.866. The van der Waals surface area contributed by atoms with Gasteiger partial charge in [0, 0.05) is 23.7 Å². The first-order valence-corrected chi connectivity index (χ1v) is 8.61. The zero-order valence-corrected chi connectivity index (χ0v) is 14.0. The molecule has 1 aliphatic heterocycles. The molecule has 1 aliphatic carbocycles. The number of carbonyl (C=O) groups excluding carboxylic acids is 3. The molecule has 1 heterocycles. The normalized spacial score (nSPS) is 18.5. The zero-order valence-electron chi connectivity index (χ0n) is 14.0. The largest absolute Gasteiger partial charge is 0.448 e. The van der Waals surface area contributed by atoms with Crippen LogP contribution in [0.1, 0.15) is 39.1 Å². The number of cyclic esters (lactones) is 1. The highest BCUT2D eigenvalue weighted by Gasteiger charge is 2.31. The molecule has 2 N–H and O–H groups in total. The molecule has 0 spiro atoms. The van der Waals surface area contributed by atoms with E-state index in [1.165, 1.54) is 0 Å². The molecule has 4 rings (SSSR count). The van der Waals surface area contributed by atoms with Crippen molar-refractivity contribution in [2.75, 3.05) is 5.32 Å². The molecule has 2 aromatic carbocycles. The van der Waals surface area contributed by atoms with Crippen molar-refractivity contribution in [1.82, 2.24) is 5.32 Å². The number of hydrogen-bond acceptors (Lipinski definition) is 4. The number of amides is 2. The van der Waals surface area contributed by atoms with Crippen LogP contribution in [0.2, 0.25) is 0 Å². The summed E-state index contributed by atoms with van der Waals surface area (Å²) in [6.45, 7) is 0. The van der Waals surface area contributed by atoms with Gasteiger partial charge >= 0.3 is 5.97 Å². The Hall–Kier alpha value is -3.15. The lowest BCUT2D eigenvalue weighted by Gasteiger charge is -2.23. The summed E-state index contributed by atoms with van der Waals surface area (Å²) in [5.41, 5.74) is 2.40. The number of carbonyl (C=O) groups is 3. The maximum atomic E-state index is 12.4. The van der Waals surface area contributed by atoms with Gasteiger partial charge in [-0.1, -0.05) is 18.2 Å². The van der Waals surface area contributed by atoms with Gasteiger partial charge in [0.15, 0.2) is 6.10 Å². The molecule has 0 radical (unpaired) electrons. The van der Waals surface area contributed by atoms with E-state index in [0.717, 1.165) is 18.4 Å². The maximum absolute atomic E-state index is 12.4. The number of anilines is 1. The van der Waals surface area contributed by atoms with Crippen molar-refractivity contribution in [2.45, 2.75) is 31.4 Å². The van der Waals surface area contributed by atoms with Crippen LogP contribution in [-0.2, 0) is 16.0 Å². The summed E-state index contributed by atoms with van der Waals surface area (Å²) >= 11 is 0. The number of fused-ring (bicyclic) bond motifs is 1. The first-order valence-electron chi connectivity index (χ1n) is 8.61. The Bertz CT molecular complexity index is 872. The van der Waals surface area contributed by atoms with Gasteiger partial charge in [-0.15, -0.1) is 0 Å². The van der Waals surface area contributed by atoms with E-state index in [2.05, 4.69) is 10.6 Å². The van der Waals surface area contributed by atoms with E-state index in [4.69, 9.17) is 4.74 Å². The summed E-state index contributed by atoms with van der Waals surface area (Å²) in [5.74, 6) is -0.981. The molecular weight excluding hydrogens is 332 g/mol. The Balaban J connectivity index is 1.40. The van der Waals surface area contributed by atoms with E-state index in [1.807, 2.05) is 12.1 Å². The summed E-state index contributed by atoms with van der Waals surface area (Å²) in [6.07, 6.45) is 1.54. The third kappa shape index (κ3) is 3.44. The SMILES string of the molecule is O=C(NC1CC1)c1ccc(NC(=O)C2Cc3ccccc3C(=O)O2)cc1. The fourth-order valence-electron chi connectivity index (χ4n) is 2.90. The van der Waals surface area contributed by atoms with Gasteiger partial charge in [0.05, 0.1) is 5.56 Å². The smallest absolute Gasteiger partial charge is 0.339 e. The molecular formula is C20H18N2O4. The summed E-state index contributed by atoms with van der Waals surface area (Å²) in [4.78, 5) is 36.4. The molecule has 6 heteroatoms. The molecule has 6 nitrogen and oxygen atoms in total. The second-order valence-corrected chi connectivity index (χ2v) is 6.57. The Morgan fingerprint density at radius 2 is 1.73 bits per heavy atom. The molecule has 1 atom stereocenters. The first kappa shape index (κ1) is 16.3. The van der Waals surface area contributed by atoms with Crippen molar-refractivity contribution < 1.29 is 19.1 Å². The van der Waals surface area contributed by atoms with Crippen molar-refractivity contribution in [3.8, 4) is 0 Å². The van der Waals surface area contributed by atoms with Gasteiger partial charge in [0.1, 0.15) is 0 Å². The minimum absolute atomic E-state index is 0.108. The Kier molecular flexibility index (Phi) is 4.16. The van der Waals surface area contributed by atoms with Crippen LogP contribution in [0, 0.1) is 0 Å². The van der Waals surface area contributed by atoms with E-state index < -0.39 is 12.1 Å². The number of ether oxygens (including phenoxy) is 1. The van der Waals surface area contributed by atoms with Crippen molar-refractivity contribution in [1.29, 1.82) is 0 Å². The van der Waals surface area contributed by atoms with Gasteiger partial charge in [-0.25, -0.2) is 4.79 Å². The van der Waals surface area contributed by atoms with E-state index in [1.54, 1.807) is 36.4 Å². The second-order valence-electron chi connectivity index (χ2n) is 6.57. The van der Waals surface area contributed by atoms with Gasteiger partial charge in [0.2, 0.25) is 0 Å². The highest BCUT2D eigenvalue weighted by molar-refractivity contribution is 6.00. The van der Waals surface area contributed by atoms with Crippen molar-refractivity contribution >= 4 is 23.5 Å². The number of esters is 1. The van der Waals surface area contributed by atoms with E-state index >= 15 is 0 Å². The average Bonchev–Trinajstić information content (AvgIpc) is 3.46. The Morgan fingerprint density at radius 1 is 1.00 bits per heavy atom. The first-order chi connectivity index (χ1) is 12.6. The number of hydrogen-bond donors (Lipinski definition) is 2. The topological polar surface area (TPSA) is 84.5 Å². The van der Waals surface area contributed by atoms with Gasteiger partial charge in [-0.2, -0.15) is 0 Å². The lowest BCUT2D eigenvalue weighted by atomic mass is 9.98. The quantitative estimate of drug-likeness (QED) is 0.829. The fourth-order valence-corrected chi connectivity index (χ4v) is 2.90. The second kappa shape index (κ2) is 6.63. The van der Waals surface area contributed by atoms with Crippen LogP contribution < -0.4 is 10.6 Å². The van der Waals surface area contributed by atoms with E-state index in [-0.39, 0.29) is 11.8 Å². The summed E-state index contributed by atoms with van der Waals surface area (Å²) in [6, 6.07) is 14.1. The van der Waals surface area contributed by atoms with Crippen LogP contribution in [0.4, 0.5) is 5.69 Å². The van der Waals surface area contributed by atoms with Crippen LogP contribution in [0.3, 0.4) is 0 Å². The molecule has 0 aromatic heterocycles. The van der Waals surface area contributed by atoms with Gasteiger partial charge in [-0.05, 0) is 48.7 Å². The highest BCUT2D eigenvalue weighted by atomic mass is 16.5. The molecule has 2 amide bonds. The molecule has 1 fully saturated rings. The van der Waals surface area contributed by atoms with E-state index in [9.17, 15) is 14.4 Å². The average molecular weight is 350 g/mol. The summed E-state index contributed by atoms with van der Waals surface area (Å²) < 4.78 is 5.24. The van der Waals surface area contributed by atoms with Crippen LogP contribution in [-0.4, -0.2) is 29.9 Å². The summed E-state index contributed by atoms with van der Waals surface area (Å²) in [7, 11) is 0. The maximum Gasteiger partial charge on any atom is 0.339 e. The zero-order chi connectivity index (χ0) is 18.1. The monoisotopic (exact) mass is 350 g/mol. The molecule has 1 unspecified atom stereocenters. The standard InChI is InChI=1S/C20H18N2O4/c23-18(21-15-9-10-15)12-5-7-14(8-6-12)22-19(24)17-11-13-3-1-2-4-16(13)20(25)26-17/h1-8,15,17H,9-11H2,(H,21,23)(H,22,24). The molecule has 0 saturated heterocycles. The predicted octanol–water partition coefficient (Wildman–Crippen LogP) is 2.30. The van der Waals surface area contributed by atoms with Crippen molar-refractivity contribution in [3.63, 3.8) is 0 Å². The van der Waals surface area contributed by atoms with Gasteiger partial charge < -0.3 is 15.4 Å². The Morgan fingerprint density at radius 3 is 2.46 bits per heavy atom. The van der Waals surface area contributed by atoms with Gasteiger partial charge in [-0.3, -0.25) is 9.59 Å². The highest BCUT2D eigenvalue weighted by Crippen LogP contribution is 2.22. The summed E-state index contributed by atoms with van der Waals surface area (Å²) in [5, 5.41) is 5.65. The van der Waals surface area contributed by atoms with Crippen LogP contribution in [0.5, 0.6) is 0 Å². The van der Waals surface area contributed by atoms with Crippen molar-refractivity contribution in [3.05, 3.63) is 65.2 Å². The number of nitrogens with one attached hydrogen (secondary N) is 2. The van der Waals surface area contributed by atoms with E-state index in [0.29, 0.717) is 29.3 Å². The molecule has 1 saturated carbocycles. The third-order valence-corrected chi connectivity index (χ3v) is 4.51. The number of rotatable bonds is 4. The van der Waals surface area contributed by atoms with Crippen LogP contribution in [0.25, 0.3) is 0 Å². The lowest BCUT2D eigenvalue weighted by Crippen LogP contribution is -2.37. The van der Waals surface area contributed by atoms with Gasteiger partial charge in [0.25, 0.3) is 11.8 Å². The lowest BCUT2D eigenvalue weighted by molar-refractivity contribution is -0.125. The minimum Gasteiger partial charge on any atom is -0.448 e. The Labute approximate surface area is 150 Å². The predicted molar refractivity (Wildman–Crippen MR) is 94.9 cm³/mol. The van der Waals surface area contributed by atoms with Crippen LogP contribution in [0.15, 0.2) is 48.5 Å². The molecule has 2 aliphatic rings. The molecule has 2 aromatic rings. The molecule has 26 heavy (non-hydrogen) atoms. The molecule has 132 valence electrons. The molecule has 0 bridgehead atoms. The fraction of sp³-hybridized carbons (Fsp3) is 0.250.